The molecule has 0 spiro atoms. The molecule has 0 aromatic heterocycles. The van der Waals surface area contributed by atoms with E-state index in [9.17, 15) is 9.59 Å². The lowest BCUT2D eigenvalue weighted by atomic mass is 9.98. The Balaban J connectivity index is 2.31. The van der Waals surface area contributed by atoms with Gasteiger partial charge in [0, 0.05) is 10.5 Å². The smallest absolute Gasteiger partial charge is 0.350 e. The summed E-state index contributed by atoms with van der Waals surface area (Å²) in [4.78, 5) is 26.4. The Bertz CT molecular complexity index is 986. The number of benzene rings is 2. The van der Waals surface area contributed by atoms with E-state index in [4.69, 9.17) is 9.47 Å². The van der Waals surface area contributed by atoms with Crippen molar-refractivity contribution in [2.45, 2.75) is 77.4 Å². The highest BCUT2D eigenvalue weighted by Crippen LogP contribution is 2.32. The van der Waals surface area contributed by atoms with Gasteiger partial charge in [-0.25, -0.2) is 4.79 Å². The number of carbonyl (C=O) groups is 2. The Kier molecular flexibility index (Phi) is 8.96. The number of hydrogen-bond donors (Lipinski definition) is 0. The molecule has 0 aliphatic heterocycles. The lowest BCUT2D eigenvalue weighted by Gasteiger charge is -2.30. The minimum absolute atomic E-state index is 0.0369. The van der Waals surface area contributed by atoms with Crippen LogP contribution in [-0.2, 0) is 22.4 Å². The fraction of sp³-hybridized carbons (Fsp3) is 0.429. The summed E-state index contributed by atoms with van der Waals surface area (Å²) in [7, 11) is 0. The van der Waals surface area contributed by atoms with Crippen LogP contribution in [0.2, 0.25) is 0 Å². The second-order valence-corrected chi connectivity index (χ2v) is 10.3. The van der Waals surface area contributed by atoms with Crippen LogP contribution in [0.1, 0.15) is 75.5 Å². The number of ether oxygens (including phenoxy) is 2. The maximum absolute atomic E-state index is 12.7. The highest BCUT2D eigenvalue weighted by molar-refractivity contribution is 7.98. The third-order valence-corrected chi connectivity index (χ3v) is 5.82. The Morgan fingerprint density at radius 1 is 0.939 bits per heavy atom. The van der Waals surface area contributed by atoms with E-state index in [-0.39, 0.29) is 5.78 Å². The Morgan fingerprint density at radius 2 is 1.48 bits per heavy atom. The van der Waals surface area contributed by atoms with Crippen LogP contribution in [0.3, 0.4) is 0 Å². The van der Waals surface area contributed by atoms with E-state index < -0.39 is 17.2 Å². The van der Waals surface area contributed by atoms with Gasteiger partial charge in [-0.05, 0) is 113 Å². The Labute approximate surface area is 202 Å². The average molecular weight is 469 g/mol. The van der Waals surface area contributed by atoms with Crippen LogP contribution in [0, 0.1) is 0 Å². The molecule has 0 unspecified atom stereocenters. The van der Waals surface area contributed by atoms with Gasteiger partial charge < -0.3 is 9.47 Å². The number of thioether (sulfide) groups is 1. The summed E-state index contributed by atoms with van der Waals surface area (Å²) in [5.41, 5.74) is 1.85. The van der Waals surface area contributed by atoms with Crippen LogP contribution in [0.25, 0.3) is 6.08 Å². The molecule has 4 nitrogen and oxygen atoms in total. The van der Waals surface area contributed by atoms with E-state index in [1.165, 1.54) is 0 Å². The standard InChI is InChI=1S/C28H36O4S/c1-9-20-17-19(11-16-24(29)22-12-14-23(33-8)15-13-22)18-21(10-2)25(20)31-28(6,7)26(30)32-27(3,4)5/h11-18H,9-10H2,1-8H3/b16-11+. The van der Waals surface area contributed by atoms with Gasteiger partial charge in [0.2, 0.25) is 0 Å². The van der Waals surface area contributed by atoms with E-state index in [0.717, 1.165) is 34.4 Å². The van der Waals surface area contributed by atoms with Crippen LogP contribution in [0.4, 0.5) is 0 Å². The molecule has 2 aromatic carbocycles. The first-order valence-electron chi connectivity index (χ1n) is 11.3. The second kappa shape index (κ2) is 11.1. The van der Waals surface area contributed by atoms with Crippen LogP contribution >= 0.6 is 11.8 Å². The molecule has 2 aromatic rings. The molecule has 0 radical (unpaired) electrons. The van der Waals surface area contributed by atoms with Crippen LogP contribution < -0.4 is 4.74 Å². The summed E-state index contributed by atoms with van der Waals surface area (Å²) < 4.78 is 11.8. The summed E-state index contributed by atoms with van der Waals surface area (Å²) in [6.45, 7) is 13.1. The predicted molar refractivity (Wildman–Crippen MR) is 137 cm³/mol. The molecule has 0 saturated heterocycles. The van der Waals surface area contributed by atoms with Gasteiger partial charge in [-0.1, -0.05) is 19.9 Å². The van der Waals surface area contributed by atoms with E-state index in [1.807, 2.05) is 83.3 Å². The number of hydrogen-bond acceptors (Lipinski definition) is 5. The third-order valence-electron chi connectivity index (χ3n) is 5.08. The van der Waals surface area contributed by atoms with Crippen molar-refractivity contribution in [2.75, 3.05) is 6.26 Å². The molecular weight excluding hydrogens is 432 g/mol. The van der Waals surface area contributed by atoms with Gasteiger partial charge in [-0.15, -0.1) is 11.8 Å². The molecule has 33 heavy (non-hydrogen) atoms. The van der Waals surface area contributed by atoms with Crippen LogP contribution in [0.5, 0.6) is 5.75 Å². The lowest BCUT2D eigenvalue weighted by molar-refractivity contribution is -0.171. The fourth-order valence-electron chi connectivity index (χ4n) is 3.26. The molecule has 0 N–H and O–H groups in total. The van der Waals surface area contributed by atoms with Crippen molar-refractivity contribution >= 4 is 29.6 Å². The van der Waals surface area contributed by atoms with Crippen molar-refractivity contribution in [2.24, 2.45) is 0 Å². The van der Waals surface area contributed by atoms with Gasteiger partial charge in [0.05, 0.1) is 0 Å². The Hall–Kier alpha value is -2.53. The molecular formula is C28H36O4S. The molecule has 2 rings (SSSR count). The number of esters is 1. The minimum Gasteiger partial charge on any atom is -0.476 e. The molecule has 0 amide bonds. The van der Waals surface area contributed by atoms with Gasteiger partial charge >= 0.3 is 5.97 Å². The second-order valence-electron chi connectivity index (χ2n) is 9.42. The topological polar surface area (TPSA) is 52.6 Å². The van der Waals surface area contributed by atoms with Gasteiger partial charge in [0.1, 0.15) is 11.4 Å². The first-order chi connectivity index (χ1) is 15.4. The maximum atomic E-state index is 12.7. The number of ketones is 1. The molecule has 5 heteroatoms. The molecule has 0 bridgehead atoms. The van der Waals surface area contributed by atoms with Crippen LogP contribution in [0.15, 0.2) is 47.4 Å². The zero-order chi connectivity index (χ0) is 24.8. The first-order valence-corrected chi connectivity index (χ1v) is 12.6. The lowest BCUT2D eigenvalue weighted by Crippen LogP contribution is -2.43. The summed E-state index contributed by atoms with van der Waals surface area (Å²) in [5.74, 6) is 0.276. The van der Waals surface area contributed by atoms with E-state index in [2.05, 4.69) is 0 Å². The zero-order valence-corrected chi connectivity index (χ0v) is 21.9. The summed E-state index contributed by atoms with van der Waals surface area (Å²) in [6.07, 6.45) is 6.92. The SMILES string of the molecule is CCc1cc(/C=C/C(=O)c2ccc(SC)cc2)cc(CC)c1OC(C)(C)C(=O)OC(C)(C)C. The highest BCUT2D eigenvalue weighted by Gasteiger charge is 2.35. The highest BCUT2D eigenvalue weighted by atomic mass is 32.2. The van der Waals surface area contributed by atoms with Crippen LogP contribution in [-0.4, -0.2) is 29.2 Å². The molecule has 0 atom stereocenters. The Morgan fingerprint density at radius 3 is 1.94 bits per heavy atom. The van der Waals surface area contributed by atoms with Gasteiger partial charge in [0.25, 0.3) is 0 Å². The third kappa shape index (κ3) is 7.50. The number of carbonyl (C=O) groups excluding carboxylic acids is 2. The fourth-order valence-corrected chi connectivity index (χ4v) is 3.66. The minimum atomic E-state index is -1.13. The van der Waals surface area contributed by atoms with E-state index in [1.54, 1.807) is 31.7 Å². The molecule has 0 heterocycles. The molecule has 0 aliphatic rings. The van der Waals surface area contributed by atoms with Crippen molar-refractivity contribution < 1.29 is 19.1 Å². The molecule has 0 aliphatic carbocycles. The first kappa shape index (κ1) is 26.7. The molecule has 0 fully saturated rings. The van der Waals surface area contributed by atoms with Crippen molar-refractivity contribution in [3.63, 3.8) is 0 Å². The van der Waals surface area contributed by atoms with Crippen molar-refractivity contribution in [3.05, 3.63) is 64.7 Å². The quantitative estimate of drug-likeness (QED) is 0.173. The van der Waals surface area contributed by atoms with Gasteiger partial charge in [-0.2, -0.15) is 0 Å². The molecule has 178 valence electrons. The normalized spacial score (nSPS) is 12.1. The van der Waals surface area contributed by atoms with E-state index in [0.29, 0.717) is 11.3 Å². The van der Waals surface area contributed by atoms with Crippen molar-refractivity contribution in [1.82, 2.24) is 0 Å². The number of rotatable bonds is 9. The summed E-state index contributed by atoms with van der Waals surface area (Å²) >= 11 is 1.65. The largest absolute Gasteiger partial charge is 0.476 e. The van der Waals surface area contributed by atoms with Crippen molar-refractivity contribution in [3.8, 4) is 5.75 Å². The van der Waals surface area contributed by atoms with E-state index >= 15 is 0 Å². The predicted octanol–water partition coefficient (Wildman–Crippen LogP) is 6.93. The molecule has 0 saturated carbocycles. The monoisotopic (exact) mass is 468 g/mol. The zero-order valence-electron chi connectivity index (χ0n) is 21.1. The average Bonchev–Trinajstić information content (AvgIpc) is 2.76. The van der Waals surface area contributed by atoms with Gasteiger partial charge in [-0.3, -0.25) is 4.79 Å². The summed E-state index contributed by atoms with van der Waals surface area (Å²) in [5, 5.41) is 0. The summed E-state index contributed by atoms with van der Waals surface area (Å²) in [6, 6.07) is 11.6. The maximum Gasteiger partial charge on any atom is 0.350 e. The number of aryl methyl sites for hydroxylation is 2. The number of allylic oxidation sites excluding steroid dienone is 1. The van der Waals surface area contributed by atoms with Gasteiger partial charge in [0.15, 0.2) is 11.4 Å². The van der Waals surface area contributed by atoms with Crippen molar-refractivity contribution in [1.29, 1.82) is 0 Å².